The van der Waals surface area contributed by atoms with E-state index in [1.165, 1.54) is 70.5 Å². The fraction of sp³-hybridized carbons (Fsp3) is 0.250. The van der Waals surface area contributed by atoms with Gasteiger partial charge in [-0.1, -0.05) is 256 Å². The van der Waals surface area contributed by atoms with Crippen molar-refractivity contribution >= 4 is 98.5 Å². The molecular formula is C120H126Ir4N4O12-4. The van der Waals surface area contributed by atoms with E-state index in [9.17, 15) is 34.5 Å². The third-order valence-electron chi connectivity index (χ3n) is 22.9. The van der Waals surface area contributed by atoms with Gasteiger partial charge in [-0.25, -0.2) is 19.9 Å². The Morgan fingerprint density at radius 2 is 0.679 bits per heavy atom. The van der Waals surface area contributed by atoms with E-state index in [4.69, 9.17) is 29.0 Å². The molecule has 0 aliphatic heterocycles. The number of rotatable bonds is 23. The molecule has 738 valence electrons. The number of ketones is 4. The van der Waals surface area contributed by atoms with Gasteiger partial charge in [-0.2, -0.15) is 72.8 Å². The van der Waals surface area contributed by atoms with Crippen LogP contribution < -0.4 is 18.9 Å². The molecule has 140 heavy (non-hydrogen) atoms. The van der Waals surface area contributed by atoms with Crippen molar-refractivity contribution < 1.29 is 139 Å². The molecule has 0 aliphatic rings. The number of aliphatic hydroxyl groups is 4. The van der Waals surface area contributed by atoms with Gasteiger partial charge in [0.2, 0.25) is 23.5 Å². The Balaban J connectivity index is 0.000000286. The van der Waals surface area contributed by atoms with Gasteiger partial charge in [-0.05, 0) is 143 Å². The molecule has 16 nitrogen and oxygen atoms in total. The van der Waals surface area contributed by atoms with Crippen LogP contribution in [-0.2, 0) is 99.6 Å². The summed E-state index contributed by atoms with van der Waals surface area (Å²) in [6.45, 7) is 33.7. The van der Waals surface area contributed by atoms with Crippen LogP contribution in [0.4, 0.5) is 0 Å². The molecule has 4 heterocycles. The molecule has 0 atom stereocenters. The zero-order chi connectivity index (χ0) is 98.5. The molecule has 20 heteroatoms. The Morgan fingerprint density at radius 1 is 0.336 bits per heavy atom. The van der Waals surface area contributed by atoms with Gasteiger partial charge in [0.1, 0.15) is 11.5 Å². The molecule has 4 radical (unpaired) electrons. The van der Waals surface area contributed by atoms with Gasteiger partial charge in [0.05, 0.1) is 17.2 Å². The van der Waals surface area contributed by atoms with Gasteiger partial charge in [-0.3, -0.25) is 19.2 Å². The minimum atomic E-state index is -0.417. The first kappa shape index (κ1) is 118. The Kier molecular flexibility index (Phi) is 49.0. The number of carbonyl (C=O) groups is 4. The summed E-state index contributed by atoms with van der Waals surface area (Å²) >= 11 is 0. The van der Waals surface area contributed by atoms with Crippen molar-refractivity contribution in [3.05, 3.63) is 375 Å². The number of para-hydroxylation sites is 4. The summed E-state index contributed by atoms with van der Waals surface area (Å²) in [5.41, 5.74) is 0.554. The smallest absolute Gasteiger partial charge is 0.224 e. The summed E-state index contributed by atoms with van der Waals surface area (Å²) in [7, 11) is 0. The minimum absolute atomic E-state index is 0. The van der Waals surface area contributed by atoms with Crippen LogP contribution in [0.1, 0.15) is 163 Å². The number of allylic oxidation sites excluding steroid dienone is 8. The Hall–Kier alpha value is -12.3. The molecule has 0 saturated carbocycles. The van der Waals surface area contributed by atoms with Crippen LogP contribution >= 0.6 is 0 Å². The topological polar surface area (TPSA) is 238 Å². The van der Waals surface area contributed by atoms with Gasteiger partial charge in [0, 0.05) is 213 Å². The molecule has 12 aromatic carbocycles. The van der Waals surface area contributed by atoms with Gasteiger partial charge < -0.3 is 39.4 Å². The van der Waals surface area contributed by atoms with Gasteiger partial charge in [-0.15, -0.1) is 48.5 Å². The van der Waals surface area contributed by atoms with Crippen molar-refractivity contribution in [1.29, 1.82) is 0 Å². The first-order valence-corrected chi connectivity index (χ1v) is 46.2. The number of pyridine rings is 4. The number of benzene rings is 12. The van der Waals surface area contributed by atoms with Crippen LogP contribution in [0.5, 0.6) is 46.5 Å². The number of ether oxygens (including phenoxy) is 4. The van der Waals surface area contributed by atoms with Gasteiger partial charge >= 0.3 is 0 Å². The summed E-state index contributed by atoms with van der Waals surface area (Å²) in [6.07, 6.45) is 15.8. The monoisotopic (exact) mass is 2590 g/mol. The molecule has 4 N–H and O–H groups in total. The Bertz CT molecular complexity index is 6380. The van der Waals surface area contributed by atoms with Gasteiger partial charge in [0.15, 0.2) is 23.1 Å². The maximum absolute atomic E-state index is 11.8. The summed E-state index contributed by atoms with van der Waals surface area (Å²) in [6, 6.07) is 106. The summed E-state index contributed by atoms with van der Waals surface area (Å²) in [5, 5.41) is 53.5. The van der Waals surface area contributed by atoms with Crippen LogP contribution in [0.2, 0.25) is 0 Å². The molecule has 4 aromatic heterocycles. The molecule has 16 rings (SSSR count). The second-order valence-electron chi connectivity index (χ2n) is 35.9. The van der Waals surface area contributed by atoms with Gasteiger partial charge in [0.25, 0.3) is 0 Å². The van der Waals surface area contributed by atoms with E-state index < -0.39 is 5.41 Å². The molecule has 0 fully saturated rings. The number of fused-ring (bicyclic) bond motifs is 10. The second-order valence-corrected chi connectivity index (χ2v) is 35.9. The van der Waals surface area contributed by atoms with Crippen molar-refractivity contribution in [3.63, 3.8) is 0 Å². The largest absolute Gasteiger partial charge is 0.512 e. The summed E-state index contributed by atoms with van der Waals surface area (Å²) in [4.78, 5) is 62.9. The molecule has 0 aliphatic carbocycles. The van der Waals surface area contributed by atoms with E-state index in [0.29, 0.717) is 46.5 Å². The molecule has 0 saturated heterocycles. The maximum atomic E-state index is 11.8. The average Bonchev–Trinajstić information content (AvgIpc) is 0.790. The van der Waals surface area contributed by atoms with E-state index in [1.807, 2.05) is 299 Å². The number of aromatic nitrogens is 4. The zero-order valence-corrected chi connectivity index (χ0v) is 92.3. The van der Waals surface area contributed by atoms with E-state index in [1.54, 1.807) is 18.6 Å². The molecule has 0 spiro atoms. The van der Waals surface area contributed by atoms with Crippen molar-refractivity contribution in [1.82, 2.24) is 19.9 Å². The van der Waals surface area contributed by atoms with Crippen molar-refractivity contribution in [2.24, 2.45) is 33.5 Å². The number of aliphatic hydroxyl groups excluding tert-OH is 4. The van der Waals surface area contributed by atoms with E-state index in [0.717, 1.165) is 92.9 Å². The average molecular weight is 2590 g/mol. The van der Waals surface area contributed by atoms with Crippen molar-refractivity contribution in [3.8, 4) is 57.8 Å². The number of carbonyl (C=O) groups excluding carboxylic acids is 4. The quantitative estimate of drug-likeness (QED) is 0.0202. The van der Waals surface area contributed by atoms with E-state index >= 15 is 0 Å². The first-order valence-electron chi connectivity index (χ1n) is 46.2. The minimum Gasteiger partial charge on any atom is -0.512 e. The predicted octanol–water partition coefficient (Wildman–Crippen LogP) is 32.3. The SMILES string of the molecule is CC(=O)C=C(C)O.CC(C)(C)C(=O)C=C(O)C(C)(C)C.CCC(C)(C)C(=O)C=C(O)C(C)(C)CC.CCC(CC)C(=O)C=C(O)C(CC)CC.[Ir].[Ir].[Ir].[Ir].[c-]1ccccc1Oc1cc2ccccc2c(-c2ccccc2)n1.[c-]1ccccc1Oc1nccc2c1ccc1ccccc12.[c-]1ccccc1Oc1nccc2c1ccc1ccccc12.[c-]1ccccc1Oc1nccc2c1ccc1ccccc12. The van der Waals surface area contributed by atoms with Crippen LogP contribution in [-0.4, -0.2) is 63.5 Å². The summed E-state index contributed by atoms with van der Waals surface area (Å²) < 4.78 is 23.5. The third kappa shape index (κ3) is 35.5. The normalized spacial score (nSPS) is 11.4. The molecule has 16 aromatic rings. The summed E-state index contributed by atoms with van der Waals surface area (Å²) in [5.74, 6) is 5.87. The first-order chi connectivity index (χ1) is 65.1. The van der Waals surface area contributed by atoms with Crippen LogP contribution in [0.3, 0.4) is 0 Å². The van der Waals surface area contributed by atoms with Crippen LogP contribution in [0, 0.1) is 57.8 Å². The zero-order valence-electron chi connectivity index (χ0n) is 82.8. The number of hydrogen-bond donors (Lipinski definition) is 4. The molecule has 0 unspecified atom stereocenters. The van der Waals surface area contributed by atoms with E-state index in [2.05, 4.69) is 136 Å². The Morgan fingerprint density at radius 3 is 1.01 bits per heavy atom. The fourth-order valence-corrected chi connectivity index (χ4v) is 13.7. The predicted molar refractivity (Wildman–Crippen MR) is 556 cm³/mol. The second kappa shape index (κ2) is 58.1. The molecule has 0 amide bonds. The molecular weight excluding hydrogens is 2460 g/mol. The maximum Gasteiger partial charge on any atom is 0.224 e. The van der Waals surface area contributed by atoms with Crippen molar-refractivity contribution in [2.75, 3.05) is 0 Å². The van der Waals surface area contributed by atoms with Crippen LogP contribution in [0.15, 0.2) is 351 Å². The standard InChI is InChI=1S/C21H14NO.3C19H12NO.2C13H24O2.C11H20O2.C5H8O2.4Ir/c1-3-9-16(10-4-1)21-19-14-8-7-11-17(19)15-20(22-21)23-18-12-5-2-6-13-18;3*1-2-7-15(8-3-1)21-19-18-11-10-14-6-4-5-9-16(14)17(18)12-13-20-19;1-7-12(3,4)10(14)9-11(15)13(5,6)8-2;1-5-10(6-2)12(14)9-13(15)11(7-3)8-4;1-10(2,3)8(12)7-9(13)11(4,5)6;1-4(6)3-5(2)7;;;;/h1-12,14-15H;3*1-7,9-13H;9,14H,7-8H2,1-6H3;9-11,14H,5-8H2,1-4H3;7,12H,1-6H3;3,6H,1-2H3;;;;/q4*-1;;;;;;;;. The van der Waals surface area contributed by atoms with E-state index in [-0.39, 0.29) is 155 Å². The molecule has 0 bridgehead atoms. The third-order valence-corrected chi connectivity index (χ3v) is 22.9. The Labute approximate surface area is 879 Å². The fourth-order valence-electron chi connectivity index (χ4n) is 13.7. The number of hydrogen-bond acceptors (Lipinski definition) is 16. The van der Waals surface area contributed by atoms with Crippen LogP contribution in [0.25, 0.3) is 86.7 Å². The van der Waals surface area contributed by atoms with Crippen molar-refractivity contribution in [2.45, 2.75) is 163 Å². The number of nitrogens with zero attached hydrogens (tertiary/aromatic N) is 4.